The molecule has 0 saturated carbocycles. The number of pyridine rings is 1. The molecule has 2 aromatic rings. The molecule has 0 aliphatic heterocycles. The predicted octanol–water partition coefficient (Wildman–Crippen LogP) is 4.10. The molecule has 0 aromatic carbocycles. The van der Waals surface area contributed by atoms with E-state index < -0.39 is 38.5 Å². The minimum Gasteiger partial charge on any atom is -0.354 e. The van der Waals surface area contributed by atoms with Gasteiger partial charge in [-0.2, -0.15) is 34.8 Å². The van der Waals surface area contributed by atoms with Crippen molar-refractivity contribution in [3.8, 4) is 16.5 Å². The summed E-state index contributed by atoms with van der Waals surface area (Å²) in [4.78, 5) is 6.41. The Morgan fingerprint density at radius 1 is 1.20 bits per heavy atom. The van der Waals surface area contributed by atoms with Crippen molar-refractivity contribution in [3.05, 3.63) is 29.4 Å². The molecule has 1 unspecified atom stereocenters. The molecule has 138 valence electrons. The highest BCUT2D eigenvalue weighted by atomic mass is 32.2. The fourth-order valence-electron chi connectivity index (χ4n) is 1.56. The Bertz CT molecular complexity index is 846. The quantitative estimate of drug-likeness (QED) is 0.435. The number of hydrogen-bond donors (Lipinski definition) is 0. The molecule has 0 N–H and O–H groups in total. The molecule has 5 nitrogen and oxygen atoms in total. The summed E-state index contributed by atoms with van der Waals surface area (Å²) in [6, 6.07) is 2.83. The van der Waals surface area contributed by atoms with Crippen LogP contribution in [0.2, 0.25) is 0 Å². The van der Waals surface area contributed by atoms with E-state index >= 15 is 0 Å². The van der Waals surface area contributed by atoms with Gasteiger partial charge in [0, 0.05) is 18.0 Å². The molecule has 0 spiro atoms. The van der Waals surface area contributed by atoms with Crippen LogP contribution < -0.4 is 4.18 Å². The molecule has 0 fully saturated rings. The van der Waals surface area contributed by atoms with E-state index in [0.717, 1.165) is 0 Å². The average molecular weight is 406 g/mol. The molecular weight excluding hydrogens is 398 g/mol. The molecule has 0 amide bonds. The highest BCUT2D eigenvalue weighted by Crippen LogP contribution is 2.45. The molecule has 13 heteroatoms. The molecule has 2 heterocycles. The van der Waals surface area contributed by atoms with Crippen molar-refractivity contribution >= 4 is 21.5 Å². The summed E-state index contributed by atoms with van der Waals surface area (Å²) >= 11 is 0.371. The Morgan fingerprint density at radius 3 is 2.32 bits per heavy atom. The molecule has 0 saturated heterocycles. The number of rotatable bonds is 4. The molecule has 2 rings (SSSR count). The normalized spacial score (nSPS) is 14.4. The first-order valence-electron chi connectivity index (χ1n) is 6.31. The SMILES string of the molecule is CC(c1sc(-c2cccnc2)nc1OS(=O)(=O)C(F)(F)F)C(F)(F)F. The second-order valence-electron chi connectivity index (χ2n) is 4.68. The van der Waals surface area contributed by atoms with Crippen LogP contribution in [0, 0.1) is 0 Å². The number of hydrogen-bond acceptors (Lipinski definition) is 6. The summed E-state index contributed by atoms with van der Waals surface area (Å²) in [6.07, 6.45) is -2.26. The van der Waals surface area contributed by atoms with Crippen LogP contribution in [0.15, 0.2) is 24.5 Å². The Hall–Kier alpha value is -1.89. The third-order valence-electron chi connectivity index (χ3n) is 2.89. The molecule has 2 aromatic heterocycles. The van der Waals surface area contributed by atoms with E-state index in [2.05, 4.69) is 14.2 Å². The summed E-state index contributed by atoms with van der Waals surface area (Å²) in [5.41, 5.74) is -5.61. The zero-order chi connectivity index (χ0) is 19.0. The Labute approximate surface area is 141 Å². The third kappa shape index (κ3) is 4.21. The van der Waals surface area contributed by atoms with Crippen LogP contribution in [-0.2, 0) is 10.1 Å². The van der Waals surface area contributed by atoms with Crippen LogP contribution in [0.1, 0.15) is 17.7 Å². The lowest BCUT2D eigenvalue weighted by Crippen LogP contribution is -2.29. The number of thiazole rings is 1. The van der Waals surface area contributed by atoms with Gasteiger partial charge in [-0.15, -0.1) is 11.3 Å². The molecule has 0 aliphatic carbocycles. The standard InChI is InChI=1S/C12H8F6N2O3S2/c1-6(11(13,14)15)8-9(23-25(21,22)12(16,17)18)20-10(24-8)7-3-2-4-19-5-7/h2-6H,1H3. The largest absolute Gasteiger partial charge is 0.534 e. The fraction of sp³-hybridized carbons (Fsp3) is 0.333. The van der Waals surface area contributed by atoms with Gasteiger partial charge in [0.15, 0.2) is 0 Å². The van der Waals surface area contributed by atoms with E-state index in [0.29, 0.717) is 18.3 Å². The van der Waals surface area contributed by atoms with Crippen molar-refractivity contribution in [2.24, 2.45) is 0 Å². The van der Waals surface area contributed by atoms with Gasteiger partial charge in [-0.1, -0.05) is 0 Å². The molecule has 25 heavy (non-hydrogen) atoms. The summed E-state index contributed by atoms with van der Waals surface area (Å²) in [6.45, 7) is 0.660. The van der Waals surface area contributed by atoms with E-state index in [4.69, 9.17) is 0 Å². The summed E-state index contributed by atoms with van der Waals surface area (Å²) in [7, 11) is -6.16. The van der Waals surface area contributed by atoms with Crippen LogP contribution >= 0.6 is 11.3 Å². The van der Waals surface area contributed by atoms with E-state index in [1.54, 1.807) is 0 Å². The topological polar surface area (TPSA) is 69.2 Å². The number of alkyl halides is 6. The average Bonchev–Trinajstić information content (AvgIpc) is 2.88. The van der Waals surface area contributed by atoms with Crippen LogP contribution in [0.4, 0.5) is 26.3 Å². The minimum absolute atomic E-state index is 0.161. The third-order valence-corrected chi connectivity index (χ3v) is 5.10. The smallest absolute Gasteiger partial charge is 0.354 e. The zero-order valence-electron chi connectivity index (χ0n) is 12.1. The number of aromatic nitrogens is 2. The highest BCUT2D eigenvalue weighted by molar-refractivity contribution is 7.88. The van der Waals surface area contributed by atoms with Crippen molar-refractivity contribution in [1.29, 1.82) is 0 Å². The monoisotopic (exact) mass is 406 g/mol. The van der Waals surface area contributed by atoms with E-state index in [1.165, 1.54) is 24.5 Å². The molecule has 0 radical (unpaired) electrons. The lowest BCUT2D eigenvalue weighted by molar-refractivity contribution is -0.145. The van der Waals surface area contributed by atoms with Gasteiger partial charge < -0.3 is 4.18 Å². The molecule has 0 bridgehead atoms. The Morgan fingerprint density at radius 2 is 1.84 bits per heavy atom. The van der Waals surface area contributed by atoms with Crippen molar-refractivity contribution in [3.63, 3.8) is 0 Å². The van der Waals surface area contributed by atoms with Gasteiger partial charge >= 0.3 is 21.8 Å². The first-order chi connectivity index (χ1) is 11.3. The van der Waals surface area contributed by atoms with Gasteiger partial charge in [0.05, 0.1) is 10.8 Å². The zero-order valence-corrected chi connectivity index (χ0v) is 13.7. The molecule has 0 aliphatic rings. The van der Waals surface area contributed by atoms with Gasteiger partial charge in [-0.3, -0.25) is 4.98 Å². The Balaban J connectivity index is 2.55. The van der Waals surface area contributed by atoms with Crippen molar-refractivity contribution in [2.75, 3.05) is 0 Å². The second-order valence-corrected chi connectivity index (χ2v) is 7.25. The van der Waals surface area contributed by atoms with Crippen molar-refractivity contribution < 1.29 is 38.9 Å². The van der Waals surface area contributed by atoms with Gasteiger partial charge in [-0.05, 0) is 19.1 Å². The maximum atomic E-state index is 12.9. The summed E-state index contributed by atoms with van der Waals surface area (Å²) in [5.74, 6) is -3.54. The first kappa shape index (κ1) is 19.4. The lowest BCUT2D eigenvalue weighted by Gasteiger charge is -2.15. The predicted molar refractivity (Wildman–Crippen MR) is 75.4 cm³/mol. The van der Waals surface area contributed by atoms with Crippen LogP contribution in [0.25, 0.3) is 10.6 Å². The van der Waals surface area contributed by atoms with Crippen LogP contribution in [0.3, 0.4) is 0 Å². The van der Waals surface area contributed by atoms with Crippen LogP contribution in [-0.4, -0.2) is 30.1 Å². The van der Waals surface area contributed by atoms with Crippen molar-refractivity contribution in [1.82, 2.24) is 9.97 Å². The highest BCUT2D eigenvalue weighted by Gasteiger charge is 2.50. The Kier molecular flexibility index (Phi) is 5.01. The minimum atomic E-state index is -6.16. The summed E-state index contributed by atoms with van der Waals surface area (Å²) in [5, 5.41) is -0.161. The fourth-order valence-corrected chi connectivity index (χ4v) is 3.11. The number of halogens is 6. The summed E-state index contributed by atoms with van der Waals surface area (Å²) < 4.78 is 102. The number of nitrogens with zero attached hydrogens (tertiary/aromatic N) is 2. The van der Waals surface area contributed by atoms with E-state index in [1.807, 2.05) is 0 Å². The second kappa shape index (κ2) is 6.44. The van der Waals surface area contributed by atoms with Crippen molar-refractivity contribution in [2.45, 2.75) is 24.5 Å². The molecular formula is C12H8F6N2O3S2. The maximum Gasteiger partial charge on any atom is 0.534 e. The van der Waals surface area contributed by atoms with Gasteiger partial charge in [0.2, 0.25) is 5.88 Å². The van der Waals surface area contributed by atoms with E-state index in [-0.39, 0.29) is 10.6 Å². The van der Waals surface area contributed by atoms with Gasteiger partial charge in [-0.25, -0.2) is 4.98 Å². The molecule has 1 atom stereocenters. The maximum absolute atomic E-state index is 12.9. The lowest BCUT2D eigenvalue weighted by atomic mass is 10.1. The first-order valence-corrected chi connectivity index (χ1v) is 8.54. The van der Waals surface area contributed by atoms with Gasteiger partial charge in [0.25, 0.3) is 0 Å². The van der Waals surface area contributed by atoms with E-state index in [9.17, 15) is 34.8 Å². The van der Waals surface area contributed by atoms with Gasteiger partial charge in [0.1, 0.15) is 5.01 Å². The van der Waals surface area contributed by atoms with Crippen LogP contribution in [0.5, 0.6) is 5.88 Å².